The van der Waals surface area contributed by atoms with Crippen LogP contribution >= 0.6 is 0 Å². The third-order valence-corrected chi connectivity index (χ3v) is 4.62. The fraction of sp³-hybridized carbons (Fsp3) is 0.130. The molecule has 6 heteroatoms. The quantitative estimate of drug-likeness (QED) is 0.511. The molecule has 0 bridgehead atoms. The summed E-state index contributed by atoms with van der Waals surface area (Å²) >= 11 is 0. The summed E-state index contributed by atoms with van der Waals surface area (Å²) in [5.74, 6) is 0.502. The molecule has 4 rings (SSSR count). The second-order valence-corrected chi connectivity index (χ2v) is 6.61. The van der Waals surface area contributed by atoms with E-state index in [-0.39, 0.29) is 5.82 Å². The predicted octanol–water partition coefficient (Wildman–Crippen LogP) is 4.37. The zero-order valence-electron chi connectivity index (χ0n) is 16.0. The molecule has 0 aliphatic rings. The molecule has 2 aromatic heterocycles. The Morgan fingerprint density at radius 2 is 1.79 bits per heavy atom. The Morgan fingerprint density at radius 3 is 2.52 bits per heavy atom. The van der Waals surface area contributed by atoms with E-state index in [9.17, 15) is 4.39 Å². The van der Waals surface area contributed by atoms with Gasteiger partial charge < -0.3 is 10.1 Å². The van der Waals surface area contributed by atoms with Crippen molar-refractivity contribution in [2.75, 3.05) is 7.11 Å². The highest BCUT2D eigenvalue weighted by Crippen LogP contribution is 2.25. The summed E-state index contributed by atoms with van der Waals surface area (Å²) in [6.07, 6.45) is 5.52. The van der Waals surface area contributed by atoms with E-state index in [1.807, 2.05) is 53.3 Å². The summed E-state index contributed by atoms with van der Waals surface area (Å²) in [6.45, 7) is 1.31. The van der Waals surface area contributed by atoms with Gasteiger partial charge in [-0.25, -0.2) is 9.07 Å². The molecule has 29 heavy (non-hydrogen) atoms. The lowest BCUT2D eigenvalue weighted by atomic mass is 10.1. The van der Waals surface area contributed by atoms with Crippen molar-refractivity contribution in [2.45, 2.75) is 13.1 Å². The Morgan fingerprint density at radius 1 is 1.00 bits per heavy atom. The largest absolute Gasteiger partial charge is 0.497 e. The van der Waals surface area contributed by atoms with Gasteiger partial charge in [0.1, 0.15) is 11.6 Å². The maximum absolute atomic E-state index is 13.8. The molecule has 0 aliphatic heterocycles. The first-order valence-electron chi connectivity index (χ1n) is 9.31. The summed E-state index contributed by atoms with van der Waals surface area (Å²) in [6, 6.07) is 18.1. The molecular weight excluding hydrogens is 367 g/mol. The molecule has 1 N–H and O–H groups in total. The Hall–Kier alpha value is -3.51. The van der Waals surface area contributed by atoms with E-state index >= 15 is 0 Å². The number of aromatic nitrogens is 3. The SMILES string of the molecule is COc1ccc(-n2cc(CNCc3ccncc3)c(-c3cccc(F)c3)n2)cc1. The molecule has 0 fully saturated rings. The molecule has 5 nitrogen and oxygen atoms in total. The third-order valence-electron chi connectivity index (χ3n) is 4.62. The smallest absolute Gasteiger partial charge is 0.123 e. The van der Waals surface area contributed by atoms with Crippen molar-refractivity contribution in [3.05, 3.63) is 96.2 Å². The summed E-state index contributed by atoms with van der Waals surface area (Å²) in [5.41, 5.74) is 4.54. The number of pyridine rings is 1. The third kappa shape index (κ3) is 4.50. The van der Waals surface area contributed by atoms with E-state index in [1.54, 1.807) is 25.6 Å². The van der Waals surface area contributed by atoms with Gasteiger partial charge in [0.05, 0.1) is 18.5 Å². The number of rotatable bonds is 7. The lowest BCUT2D eigenvalue weighted by Crippen LogP contribution is -2.12. The van der Waals surface area contributed by atoms with Crippen LogP contribution in [-0.4, -0.2) is 21.9 Å². The molecule has 0 spiro atoms. The number of ether oxygens (including phenoxy) is 1. The number of halogens is 1. The van der Waals surface area contributed by atoms with E-state index in [1.165, 1.54) is 12.1 Å². The normalized spacial score (nSPS) is 10.8. The number of methoxy groups -OCH3 is 1. The highest BCUT2D eigenvalue weighted by molar-refractivity contribution is 5.63. The Kier molecular flexibility index (Phi) is 5.63. The molecule has 0 atom stereocenters. The fourth-order valence-electron chi connectivity index (χ4n) is 3.13. The van der Waals surface area contributed by atoms with Crippen LogP contribution in [0.2, 0.25) is 0 Å². The molecule has 0 saturated carbocycles. The van der Waals surface area contributed by atoms with E-state index in [2.05, 4.69) is 10.3 Å². The van der Waals surface area contributed by atoms with Gasteiger partial charge in [-0.1, -0.05) is 12.1 Å². The first-order chi connectivity index (χ1) is 14.2. The van der Waals surface area contributed by atoms with Crippen molar-refractivity contribution in [2.24, 2.45) is 0 Å². The van der Waals surface area contributed by atoms with Crippen molar-refractivity contribution < 1.29 is 9.13 Å². The number of hydrogen-bond acceptors (Lipinski definition) is 4. The molecule has 0 unspecified atom stereocenters. The number of nitrogens with zero attached hydrogens (tertiary/aromatic N) is 3. The topological polar surface area (TPSA) is 52.0 Å². The molecular formula is C23H21FN4O. The summed E-state index contributed by atoms with van der Waals surface area (Å²) in [5, 5.41) is 8.16. The Bertz CT molecular complexity index is 1080. The van der Waals surface area contributed by atoms with E-state index in [0.29, 0.717) is 13.1 Å². The van der Waals surface area contributed by atoms with Crippen LogP contribution in [0.15, 0.2) is 79.3 Å². The van der Waals surface area contributed by atoms with Crippen LogP contribution in [-0.2, 0) is 13.1 Å². The molecule has 4 aromatic rings. The van der Waals surface area contributed by atoms with Gasteiger partial charge in [0.25, 0.3) is 0 Å². The van der Waals surface area contributed by atoms with Crippen molar-refractivity contribution in [3.8, 4) is 22.7 Å². The second-order valence-electron chi connectivity index (χ2n) is 6.61. The van der Waals surface area contributed by atoms with Crippen LogP contribution in [0.5, 0.6) is 5.75 Å². The maximum atomic E-state index is 13.8. The standard InChI is InChI=1S/C23H21FN4O/c1-29-22-7-5-21(6-8-22)28-16-19(15-26-14-17-9-11-25-12-10-17)23(27-28)18-3-2-4-20(24)13-18/h2-13,16,26H,14-15H2,1H3. The predicted molar refractivity (Wildman–Crippen MR) is 110 cm³/mol. The van der Waals surface area contributed by atoms with Crippen LogP contribution in [0.3, 0.4) is 0 Å². The van der Waals surface area contributed by atoms with Crippen LogP contribution in [0.4, 0.5) is 4.39 Å². The van der Waals surface area contributed by atoms with Crippen LogP contribution < -0.4 is 10.1 Å². The van der Waals surface area contributed by atoms with Crippen LogP contribution in [0.25, 0.3) is 16.9 Å². The van der Waals surface area contributed by atoms with Crippen molar-refractivity contribution in [3.63, 3.8) is 0 Å². The summed E-state index contributed by atoms with van der Waals surface area (Å²) in [4.78, 5) is 4.04. The van der Waals surface area contributed by atoms with Crippen LogP contribution in [0, 0.1) is 5.82 Å². The number of hydrogen-bond donors (Lipinski definition) is 1. The van der Waals surface area contributed by atoms with Gasteiger partial charge in [0, 0.05) is 42.8 Å². The Labute approximate surface area is 168 Å². The number of benzene rings is 2. The summed E-state index contributed by atoms with van der Waals surface area (Å²) in [7, 11) is 1.64. The fourth-order valence-corrected chi connectivity index (χ4v) is 3.13. The minimum Gasteiger partial charge on any atom is -0.497 e. The zero-order chi connectivity index (χ0) is 20.1. The minimum atomic E-state index is -0.280. The first-order valence-corrected chi connectivity index (χ1v) is 9.31. The highest BCUT2D eigenvalue weighted by atomic mass is 19.1. The van der Waals surface area contributed by atoms with Gasteiger partial charge >= 0.3 is 0 Å². The average molecular weight is 388 g/mol. The van der Waals surface area contributed by atoms with E-state index < -0.39 is 0 Å². The van der Waals surface area contributed by atoms with Gasteiger partial charge in [-0.2, -0.15) is 5.10 Å². The Balaban J connectivity index is 1.62. The zero-order valence-corrected chi connectivity index (χ0v) is 16.0. The van der Waals surface area contributed by atoms with Gasteiger partial charge in [-0.3, -0.25) is 4.98 Å². The molecule has 0 radical (unpaired) electrons. The van der Waals surface area contributed by atoms with Gasteiger partial charge in [-0.15, -0.1) is 0 Å². The van der Waals surface area contributed by atoms with E-state index in [0.717, 1.165) is 33.8 Å². The monoisotopic (exact) mass is 388 g/mol. The van der Waals surface area contributed by atoms with Crippen molar-refractivity contribution in [1.29, 1.82) is 0 Å². The number of nitrogens with one attached hydrogen (secondary N) is 1. The molecule has 146 valence electrons. The molecule has 2 aromatic carbocycles. The van der Waals surface area contributed by atoms with E-state index in [4.69, 9.17) is 9.84 Å². The van der Waals surface area contributed by atoms with Gasteiger partial charge in [-0.05, 0) is 54.1 Å². The van der Waals surface area contributed by atoms with Crippen LogP contribution in [0.1, 0.15) is 11.1 Å². The van der Waals surface area contributed by atoms with Gasteiger partial charge in [0.15, 0.2) is 0 Å². The molecule has 0 aliphatic carbocycles. The molecule has 2 heterocycles. The average Bonchev–Trinajstić information content (AvgIpc) is 3.19. The van der Waals surface area contributed by atoms with Crippen molar-refractivity contribution in [1.82, 2.24) is 20.1 Å². The molecule has 0 saturated heterocycles. The maximum Gasteiger partial charge on any atom is 0.123 e. The first kappa shape index (κ1) is 18.8. The van der Waals surface area contributed by atoms with Gasteiger partial charge in [0.2, 0.25) is 0 Å². The lowest BCUT2D eigenvalue weighted by molar-refractivity contribution is 0.414. The highest BCUT2D eigenvalue weighted by Gasteiger charge is 2.13. The summed E-state index contributed by atoms with van der Waals surface area (Å²) < 4.78 is 20.8. The lowest BCUT2D eigenvalue weighted by Gasteiger charge is -2.05. The molecule has 0 amide bonds. The van der Waals surface area contributed by atoms with Crippen molar-refractivity contribution >= 4 is 0 Å². The minimum absolute atomic E-state index is 0.280. The second kappa shape index (κ2) is 8.67.